The maximum absolute atomic E-state index is 9.99. The summed E-state index contributed by atoms with van der Waals surface area (Å²) in [6, 6.07) is 9.72. The second kappa shape index (κ2) is 6.85. The number of aliphatic hydroxyl groups is 1. The second-order valence-electron chi connectivity index (χ2n) is 4.84. The Morgan fingerprint density at radius 3 is 2.94 bits per heavy atom. The van der Waals surface area contributed by atoms with Crippen molar-refractivity contribution >= 4 is 0 Å². The molecule has 2 N–H and O–H groups in total. The van der Waals surface area contributed by atoms with Crippen molar-refractivity contribution in [1.29, 1.82) is 0 Å². The van der Waals surface area contributed by atoms with E-state index in [1.165, 1.54) is 0 Å². The van der Waals surface area contributed by atoms with Crippen LogP contribution in [0.3, 0.4) is 0 Å². The fourth-order valence-corrected chi connectivity index (χ4v) is 2.16. The molecule has 0 aliphatic carbocycles. The number of nitrogens with one attached hydrogen (secondary N) is 1. The summed E-state index contributed by atoms with van der Waals surface area (Å²) in [5.41, 5.74) is 0.951. The minimum absolute atomic E-state index is 0.228. The van der Waals surface area contributed by atoms with Crippen LogP contribution in [0.5, 0.6) is 0 Å². The quantitative estimate of drug-likeness (QED) is 0.805. The van der Waals surface area contributed by atoms with Crippen LogP contribution in [0.2, 0.25) is 0 Å². The Balaban J connectivity index is 1.69. The summed E-state index contributed by atoms with van der Waals surface area (Å²) in [4.78, 5) is 2.27. The summed E-state index contributed by atoms with van der Waals surface area (Å²) in [6.07, 6.45) is -0.223. The van der Waals surface area contributed by atoms with Crippen molar-refractivity contribution in [2.45, 2.75) is 12.2 Å². The van der Waals surface area contributed by atoms with Crippen molar-refractivity contribution in [1.82, 2.24) is 10.2 Å². The monoisotopic (exact) mass is 250 g/mol. The zero-order valence-corrected chi connectivity index (χ0v) is 10.9. The van der Waals surface area contributed by atoms with E-state index in [0.29, 0.717) is 6.54 Å². The highest BCUT2D eigenvalue weighted by Gasteiger charge is 2.17. The number of hydrogen-bond acceptors (Lipinski definition) is 4. The van der Waals surface area contributed by atoms with Gasteiger partial charge < -0.3 is 20.1 Å². The third-order valence-electron chi connectivity index (χ3n) is 3.24. The Morgan fingerprint density at radius 2 is 2.22 bits per heavy atom. The van der Waals surface area contributed by atoms with E-state index in [1.54, 1.807) is 0 Å². The minimum Gasteiger partial charge on any atom is -0.387 e. The van der Waals surface area contributed by atoms with Gasteiger partial charge in [0.1, 0.15) is 0 Å². The molecule has 1 saturated heterocycles. The highest BCUT2D eigenvalue weighted by molar-refractivity contribution is 5.17. The van der Waals surface area contributed by atoms with Gasteiger partial charge in [-0.3, -0.25) is 0 Å². The lowest BCUT2D eigenvalue weighted by molar-refractivity contribution is -0.0191. The smallest absolute Gasteiger partial charge is 0.0914 e. The fourth-order valence-electron chi connectivity index (χ4n) is 2.16. The number of ether oxygens (including phenoxy) is 1. The lowest BCUT2D eigenvalue weighted by atomic mass is 10.1. The maximum Gasteiger partial charge on any atom is 0.0914 e. The van der Waals surface area contributed by atoms with Crippen LogP contribution in [0.15, 0.2) is 30.3 Å². The molecule has 2 rings (SSSR count). The molecule has 18 heavy (non-hydrogen) atoms. The van der Waals surface area contributed by atoms with Crippen LogP contribution in [0.4, 0.5) is 0 Å². The second-order valence-corrected chi connectivity index (χ2v) is 4.84. The van der Waals surface area contributed by atoms with E-state index in [2.05, 4.69) is 17.3 Å². The highest BCUT2D eigenvalue weighted by Crippen LogP contribution is 2.10. The van der Waals surface area contributed by atoms with Gasteiger partial charge in [0.15, 0.2) is 0 Å². The number of rotatable bonds is 5. The molecule has 4 nitrogen and oxygen atoms in total. The van der Waals surface area contributed by atoms with Gasteiger partial charge in [-0.2, -0.15) is 0 Å². The van der Waals surface area contributed by atoms with Gasteiger partial charge in [0, 0.05) is 26.2 Å². The Labute approximate surface area is 109 Å². The molecular formula is C14H22N2O2. The van der Waals surface area contributed by atoms with Gasteiger partial charge in [-0.05, 0) is 12.6 Å². The molecule has 0 unspecified atom stereocenters. The first kappa shape index (κ1) is 13.5. The van der Waals surface area contributed by atoms with Crippen molar-refractivity contribution in [2.75, 3.05) is 39.8 Å². The lowest BCUT2D eigenvalue weighted by Gasteiger charge is -2.30. The molecule has 100 valence electrons. The van der Waals surface area contributed by atoms with Crippen molar-refractivity contribution in [3.63, 3.8) is 0 Å². The van der Waals surface area contributed by atoms with E-state index in [9.17, 15) is 5.11 Å². The summed E-state index contributed by atoms with van der Waals surface area (Å²) in [5, 5.41) is 13.3. The summed E-state index contributed by atoms with van der Waals surface area (Å²) < 4.78 is 5.65. The molecule has 0 amide bonds. The Bertz CT molecular complexity index is 345. The van der Waals surface area contributed by atoms with E-state index in [1.807, 2.05) is 30.3 Å². The summed E-state index contributed by atoms with van der Waals surface area (Å²) >= 11 is 0. The number of morpholine rings is 1. The predicted molar refractivity (Wildman–Crippen MR) is 71.5 cm³/mol. The van der Waals surface area contributed by atoms with Gasteiger partial charge in [0.25, 0.3) is 0 Å². The first-order valence-electron chi connectivity index (χ1n) is 6.49. The third-order valence-corrected chi connectivity index (χ3v) is 3.24. The van der Waals surface area contributed by atoms with Gasteiger partial charge in [-0.25, -0.2) is 0 Å². The van der Waals surface area contributed by atoms with Gasteiger partial charge >= 0.3 is 0 Å². The molecule has 1 aromatic carbocycles. The maximum atomic E-state index is 9.99. The van der Waals surface area contributed by atoms with Gasteiger partial charge in [0.2, 0.25) is 0 Å². The minimum atomic E-state index is -0.451. The molecule has 1 aliphatic heterocycles. The molecule has 1 aliphatic rings. The van der Waals surface area contributed by atoms with Crippen molar-refractivity contribution in [3.8, 4) is 0 Å². The van der Waals surface area contributed by atoms with Crippen molar-refractivity contribution in [3.05, 3.63) is 35.9 Å². The average molecular weight is 250 g/mol. The molecule has 1 fully saturated rings. The average Bonchev–Trinajstić information content (AvgIpc) is 2.40. The van der Waals surface area contributed by atoms with Gasteiger partial charge in [-0.15, -0.1) is 0 Å². The molecule has 0 radical (unpaired) electrons. The van der Waals surface area contributed by atoms with Crippen LogP contribution in [-0.2, 0) is 4.74 Å². The van der Waals surface area contributed by atoms with Crippen LogP contribution < -0.4 is 5.32 Å². The van der Waals surface area contributed by atoms with E-state index < -0.39 is 6.10 Å². The van der Waals surface area contributed by atoms with Crippen LogP contribution in [0.25, 0.3) is 0 Å². The zero-order valence-electron chi connectivity index (χ0n) is 10.9. The summed E-state index contributed by atoms with van der Waals surface area (Å²) in [7, 11) is 2.11. The number of likely N-dealkylation sites (N-methyl/N-ethyl adjacent to an activating group) is 1. The van der Waals surface area contributed by atoms with Crippen molar-refractivity contribution < 1.29 is 9.84 Å². The third kappa shape index (κ3) is 4.07. The van der Waals surface area contributed by atoms with Crippen LogP contribution >= 0.6 is 0 Å². The first-order chi connectivity index (χ1) is 8.75. The molecule has 1 aromatic rings. The standard InChI is InChI=1S/C14H22N2O2/c1-16-7-8-18-13(11-16)9-15-10-14(17)12-5-3-2-4-6-12/h2-6,13-15,17H,7-11H2,1H3/t13-,14+/m1/s1. The van der Waals surface area contributed by atoms with E-state index in [-0.39, 0.29) is 6.10 Å². The number of benzene rings is 1. The molecule has 0 spiro atoms. The molecule has 1 heterocycles. The SMILES string of the molecule is CN1CCO[C@H](CNC[C@H](O)c2ccccc2)C1. The molecule has 0 bridgehead atoms. The topological polar surface area (TPSA) is 44.7 Å². The zero-order chi connectivity index (χ0) is 12.8. The normalized spacial score (nSPS) is 22.9. The summed E-state index contributed by atoms with van der Waals surface area (Å²) in [6.45, 7) is 4.10. The Hall–Kier alpha value is -0.940. The van der Waals surface area contributed by atoms with E-state index in [4.69, 9.17) is 4.74 Å². The van der Waals surface area contributed by atoms with E-state index >= 15 is 0 Å². The summed E-state index contributed by atoms with van der Waals surface area (Å²) in [5.74, 6) is 0. The predicted octanol–water partition coefficient (Wildman–Crippen LogP) is 0.640. The largest absolute Gasteiger partial charge is 0.387 e. The highest BCUT2D eigenvalue weighted by atomic mass is 16.5. The van der Waals surface area contributed by atoms with Crippen LogP contribution in [0, 0.1) is 0 Å². The molecule has 0 aromatic heterocycles. The Morgan fingerprint density at radius 1 is 1.44 bits per heavy atom. The molecular weight excluding hydrogens is 228 g/mol. The fraction of sp³-hybridized carbons (Fsp3) is 0.571. The molecule has 0 saturated carbocycles. The lowest BCUT2D eigenvalue weighted by Crippen LogP contribution is -2.45. The van der Waals surface area contributed by atoms with Gasteiger partial charge in [0.05, 0.1) is 18.8 Å². The number of aliphatic hydroxyl groups excluding tert-OH is 1. The first-order valence-corrected chi connectivity index (χ1v) is 6.49. The van der Waals surface area contributed by atoms with Gasteiger partial charge in [-0.1, -0.05) is 30.3 Å². The van der Waals surface area contributed by atoms with Crippen LogP contribution in [0.1, 0.15) is 11.7 Å². The Kier molecular flexibility index (Phi) is 5.13. The number of hydrogen-bond donors (Lipinski definition) is 2. The van der Waals surface area contributed by atoms with Crippen molar-refractivity contribution in [2.24, 2.45) is 0 Å². The van der Waals surface area contributed by atoms with E-state index in [0.717, 1.165) is 31.8 Å². The number of nitrogens with zero attached hydrogens (tertiary/aromatic N) is 1. The molecule has 4 heteroatoms. The van der Waals surface area contributed by atoms with Crippen LogP contribution in [-0.4, -0.2) is 55.9 Å². The molecule has 2 atom stereocenters.